The maximum absolute atomic E-state index is 4.44. The van der Waals surface area contributed by atoms with Gasteiger partial charge in [0.05, 0.1) is 22.7 Å². The molecule has 0 fully saturated rings. The van der Waals surface area contributed by atoms with Gasteiger partial charge in [0.25, 0.3) is 0 Å². The first-order valence-corrected chi connectivity index (χ1v) is 5.29. The van der Waals surface area contributed by atoms with Crippen LogP contribution >= 0.6 is 15.9 Å². The van der Waals surface area contributed by atoms with E-state index in [4.69, 9.17) is 0 Å². The quantitative estimate of drug-likeness (QED) is 0.879. The molecule has 2 N–H and O–H groups in total. The molecule has 14 heavy (non-hydrogen) atoms. The Balaban J connectivity index is 2.36. The molecule has 0 saturated carbocycles. The molecule has 0 radical (unpaired) electrons. The van der Waals surface area contributed by atoms with E-state index < -0.39 is 0 Å². The number of imidazole rings is 1. The molecule has 0 spiro atoms. The Labute approximate surface area is 90.3 Å². The second kappa shape index (κ2) is 4.06. The number of halogens is 1. The molecule has 2 rings (SSSR count). The van der Waals surface area contributed by atoms with E-state index in [-0.39, 0.29) is 0 Å². The van der Waals surface area contributed by atoms with Crippen molar-refractivity contribution in [3.63, 3.8) is 0 Å². The summed E-state index contributed by atoms with van der Waals surface area (Å²) in [6, 6.07) is 0. The number of aromatic nitrogens is 3. The Morgan fingerprint density at radius 3 is 3.07 bits per heavy atom. The van der Waals surface area contributed by atoms with E-state index in [1.807, 2.05) is 0 Å². The molecular formula is C9H11BrN4. The third-order valence-corrected chi connectivity index (χ3v) is 2.52. The lowest BCUT2D eigenvalue weighted by atomic mass is 10.4. The van der Waals surface area contributed by atoms with E-state index in [0.29, 0.717) is 0 Å². The summed E-state index contributed by atoms with van der Waals surface area (Å²) in [6.07, 6.45) is 3.53. The number of hydrogen-bond donors (Lipinski definition) is 2. The van der Waals surface area contributed by atoms with Gasteiger partial charge in [0, 0.05) is 6.20 Å². The Kier molecular flexibility index (Phi) is 2.79. The first-order valence-electron chi connectivity index (χ1n) is 4.50. The third kappa shape index (κ3) is 1.78. The highest BCUT2D eigenvalue weighted by Crippen LogP contribution is 2.19. The zero-order chi connectivity index (χ0) is 9.97. The Morgan fingerprint density at radius 2 is 2.36 bits per heavy atom. The van der Waals surface area contributed by atoms with Crippen molar-refractivity contribution in [2.45, 2.75) is 13.5 Å². The van der Waals surface area contributed by atoms with E-state index in [9.17, 15) is 0 Å². The first kappa shape index (κ1) is 9.61. The molecule has 2 aromatic rings. The van der Waals surface area contributed by atoms with Gasteiger partial charge in [-0.1, -0.05) is 6.92 Å². The van der Waals surface area contributed by atoms with Gasteiger partial charge in [0.1, 0.15) is 11.3 Å². The van der Waals surface area contributed by atoms with Crippen LogP contribution in [-0.4, -0.2) is 21.5 Å². The van der Waals surface area contributed by atoms with Crippen molar-refractivity contribution in [3.05, 3.63) is 22.7 Å². The molecule has 74 valence electrons. The lowest BCUT2D eigenvalue weighted by molar-refractivity contribution is 0.700. The molecule has 0 aromatic carbocycles. The van der Waals surface area contributed by atoms with Crippen LogP contribution in [0.5, 0.6) is 0 Å². The number of hydrogen-bond acceptors (Lipinski definition) is 3. The Morgan fingerprint density at radius 1 is 1.50 bits per heavy atom. The summed E-state index contributed by atoms with van der Waals surface area (Å²) < 4.78 is 0.925. The Bertz CT molecular complexity index is 437. The Hall–Kier alpha value is -0.940. The fourth-order valence-corrected chi connectivity index (χ4v) is 1.70. The molecule has 0 unspecified atom stereocenters. The van der Waals surface area contributed by atoms with Gasteiger partial charge in [-0.15, -0.1) is 0 Å². The molecule has 0 aliphatic carbocycles. The number of aromatic amines is 1. The third-order valence-electron chi connectivity index (χ3n) is 1.94. The summed E-state index contributed by atoms with van der Waals surface area (Å²) in [5, 5.41) is 3.22. The van der Waals surface area contributed by atoms with Gasteiger partial charge >= 0.3 is 0 Å². The largest absolute Gasteiger partial charge is 0.340 e. The van der Waals surface area contributed by atoms with Gasteiger partial charge in [-0.25, -0.2) is 4.98 Å². The topological polar surface area (TPSA) is 53.6 Å². The van der Waals surface area contributed by atoms with Crippen molar-refractivity contribution in [1.82, 2.24) is 20.3 Å². The fourth-order valence-electron chi connectivity index (χ4n) is 1.28. The molecule has 0 amide bonds. The van der Waals surface area contributed by atoms with Crippen LogP contribution in [0.25, 0.3) is 11.0 Å². The number of H-pyrrole nitrogens is 1. The van der Waals surface area contributed by atoms with Crippen molar-refractivity contribution in [2.75, 3.05) is 6.54 Å². The van der Waals surface area contributed by atoms with Crippen LogP contribution in [0, 0.1) is 0 Å². The van der Waals surface area contributed by atoms with Crippen molar-refractivity contribution in [3.8, 4) is 0 Å². The predicted octanol–water partition coefficient (Wildman–Crippen LogP) is 1.83. The SMILES string of the molecule is CCNCc1nc2c(Br)cncc2[nH]1. The van der Waals surface area contributed by atoms with E-state index in [2.05, 4.69) is 43.1 Å². The van der Waals surface area contributed by atoms with E-state index in [1.54, 1.807) is 12.4 Å². The second-order valence-electron chi connectivity index (χ2n) is 2.98. The molecule has 0 aliphatic heterocycles. The standard InChI is InChI=1S/C9H11BrN4/c1-2-11-5-8-13-7-4-12-3-6(10)9(7)14-8/h3-4,11H,2,5H2,1H3,(H,13,14). The molecule has 0 bridgehead atoms. The van der Waals surface area contributed by atoms with Gasteiger partial charge in [0.15, 0.2) is 0 Å². The van der Waals surface area contributed by atoms with Gasteiger partial charge in [0.2, 0.25) is 0 Å². The lowest BCUT2D eigenvalue weighted by Crippen LogP contribution is -2.12. The molecule has 5 heteroatoms. The van der Waals surface area contributed by atoms with Crippen LogP contribution in [-0.2, 0) is 6.54 Å². The van der Waals surface area contributed by atoms with E-state index in [1.165, 1.54) is 0 Å². The minimum absolute atomic E-state index is 0.762. The van der Waals surface area contributed by atoms with Crippen LogP contribution < -0.4 is 5.32 Å². The highest BCUT2D eigenvalue weighted by Gasteiger charge is 2.04. The zero-order valence-corrected chi connectivity index (χ0v) is 9.43. The van der Waals surface area contributed by atoms with E-state index in [0.717, 1.165) is 34.4 Å². The summed E-state index contributed by atoms with van der Waals surface area (Å²) >= 11 is 3.41. The summed E-state index contributed by atoms with van der Waals surface area (Å²) in [5.41, 5.74) is 1.90. The maximum atomic E-state index is 4.44. The number of nitrogens with one attached hydrogen (secondary N) is 2. The highest BCUT2D eigenvalue weighted by atomic mass is 79.9. The van der Waals surface area contributed by atoms with Gasteiger partial charge in [-0.05, 0) is 22.5 Å². The molecule has 0 aliphatic rings. The highest BCUT2D eigenvalue weighted by molar-refractivity contribution is 9.10. The fraction of sp³-hybridized carbons (Fsp3) is 0.333. The summed E-state index contributed by atoms with van der Waals surface area (Å²) in [7, 11) is 0. The first-order chi connectivity index (χ1) is 6.81. The molecule has 0 saturated heterocycles. The lowest BCUT2D eigenvalue weighted by Gasteiger charge is -1.94. The van der Waals surface area contributed by atoms with Crippen LogP contribution in [0.2, 0.25) is 0 Å². The number of fused-ring (bicyclic) bond motifs is 1. The zero-order valence-electron chi connectivity index (χ0n) is 7.84. The summed E-state index contributed by atoms with van der Waals surface area (Å²) in [6.45, 7) is 3.77. The van der Waals surface area contributed by atoms with Gasteiger partial charge in [-0.2, -0.15) is 0 Å². The minimum atomic E-state index is 0.762. The number of nitrogens with zero attached hydrogens (tertiary/aromatic N) is 2. The van der Waals surface area contributed by atoms with Gasteiger partial charge < -0.3 is 10.3 Å². The number of rotatable bonds is 3. The van der Waals surface area contributed by atoms with Crippen LogP contribution in [0.4, 0.5) is 0 Å². The van der Waals surface area contributed by atoms with Crippen LogP contribution in [0.3, 0.4) is 0 Å². The van der Waals surface area contributed by atoms with Crippen molar-refractivity contribution < 1.29 is 0 Å². The average Bonchev–Trinajstić information content (AvgIpc) is 2.59. The second-order valence-corrected chi connectivity index (χ2v) is 3.84. The smallest absolute Gasteiger partial charge is 0.121 e. The maximum Gasteiger partial charge on any atom is 0.121 e. The van der Waals surface area contributed by atoms with Gasteiger partial charge in [-0.3, -0.25) is 4.98 Å². The average molecular weight is 255 g/mol. The molecule has 2 heterocycles. The predicted molar refractivity (Wildman–Crippen MR) is 59.0 cm³/mol. The molecular weight excluding hydrogens is 244 g/mol. The molecule has 2 aromatic heterocycles. The van der Waals surface area contributed by atoms with Crippen molar-refractivity contribution in [2.24, 2.45) is 0 Å². The summed E-state index contributed by atoms with van der Waals surface area (Å²) in [5.74, 6) is 0.940. The minimum Gasteiger partial charge on any atom is -0.340 e. The summed E-state index contributed by atoms with van der Waals surface area (Å²) in [4.78, 5) is 11.7. The van der Waals surface area contributed by atoms with Crippen molar-refractivity contribution in [1.29, 1.82) is 0 Å². The normalized spacial score (nSPS) is 11.0. The number of pyridine rings is 1. The van der Waals surface area contributed by atoms with E-state index >= 15 is 0 Å². The molecule has 0 atom stereocenters. The molecule has 4 nitrogen and oxygen atoms in total. The van der Waals surface area contributed by atoms with Crippen LogP contribution in [0.15, 0.2) is 16.9 Å². The van der Waals surface area contributed by atoms with Crippen molar-refractivity contribution >= 4 is 27.0 Å². The van der Waals surface area contributed by atoms with Crippen LogP contribution in [0.1, 0.15) is 12.7 Å². The monoisotopic (exact) mass is 254 g/mol.